The van der Waals surface area contributed by atoms with Crippen LogP contribution >= 0.6 is 0 Å². The predicted octanol–water partition coefficient (Wildman–Crippen LogP) is 3.70. The standard InChI is InChI=1S/C12H18/c1-3-5-7-9-11-12-10-8-6-4-2/h1,6,8,11-12H,4-5,7,9-10H2,2H3. The normalized spacial score (nSPS) is 11.0. The van der Waals surface area contributed by atoms with Crippen LogP contribution in [0.5, 0.6) is 0 Å². The Balaban J connectivity index is 3.15. The molecule has 0 aliphatic rings. The van der Waals surface area contributed by atoms with Gasteiger partial charge in [-0.2, -0.15) is 0 Å². The summed E-state index contributed by atoms with van der Waals surface area (Å²) < 4.78 is 0. The molecule has 0 saturated heterocycles. The summed E-state index contributed by atoms with van der Waals surface area (Å²) in [6.07, 6.45) is 19.2. The van der Waals surface area contributed by atoms with Crippen LogP contribution in [0.4, 0.5) is 0 Å². The first kappa shape index (κ1) is 11.0. The summed E-state index contributed by atoms with van der Waals surface area (Å²) in [7, 11) is 0. The lowest BCUT2D eigenvalue weighted by molar-refractivity contribution is 0.883. The van der Waals surface area contributed by atoms with Crippen molar-refractivity contribution in [3.63, 3.8) is 0 Å². The molecule has 12 heavy (non-hydrogen) atoms. The van der Waals surface area contributed by atoms with Crippen molar-refractivity contribution in [1.29, 1.82) is 0 Å². The molecule has 0 unspecified atom stereocenters. The highest BCUT2D eigenvalue weighted by atomic mass is 13.8. The number of terminal acetylenes is 1. The maximum atomic E-state index is 5.12. The van der Waals surface area contributed by atoms with Crippen molar-refractivity contribution < 1.29 is 0 Å². The van der Waals surface area contributed by atoms with Crippen LogP contribution in [0.1, 0.15) is 39.0 Å². The lowest BCUT2D eigenvalue weighted by Gasteiger charge is -1.86. The van der Waals surface area contributed by atoms with Gasteiger partial charge in [0.1, 0.15) is 0 Å². The molecule has 0 rings (SSSR count). The number of rotatable bonds is 6. The van der Waals surface area contributed by atoms with Crippen LogP contribution in [-0.4, -0.2) is 0 Å². The molecule has 0 nitrogen and oxygen atoms in total. The van der Waals surface area contributed by atoms with E-state index < -0.39 is 0 Å². The second kappa shape index (κ2) is 10.0. The summed E-state index contributed by atoms with van der Waals surface area (Å²) in [6, 6.07) is 0. The van der Waals surface area contributed by atoms with Crippen LogP contribution in [-0.2, 0) is 0 Å². The molecule has 0 amide bonds. The van der Waals surface area contributed by atoms with Gasteiger partial charge in [0, 0.05) is 6.42 Å². The van der Waals surface area contributed by atoms with Crippen LogP contribution in [0.2, 0.25) is 0 Å². The highest BCUT2D eigenvalue weighted by molar-refractivity contribution is 4.93. The van der Waals surface area contributed by atoms with Crippen LogP contribution in [0.3, 0.4) is 0 Å². The molecular weight excluding hydrogens is 144 g/mol. The number of unbranched alkanes of at least 4 members (excludes halogenated alkanes) is 2. The molecular formula is C12H18. The zero-order valence-corrected chi connectivity index (χ0v) is 7.92. The second-order valence-corrected chi connectivity index (χ2v) is 2.68. The Morgan fingerprint density at radius 3 is 2.58 bits per heavy atom. The first-order valence-corrected chi connectivity index (χ1v) is 4.65. The molecule has 0 atom stereocenters. The fourth-order valence-electron chi connectivity index (χ4n) is 0.878. The second-order valence-electron chi connectivity index (χ2n) is 2.68. The van der Waals surface area contributed by atoms with Gasteiger partial charge in [-0.3, -0.25) is 0 Å². The van der Waals surface area contributed by atoms with Gasteiger partial charge < -0.3 is 0 Å². The summed E-state index contributed by atoms with van der Waals surface area (Å²) in [4.78, 5) is 0. The Bertz CT molecular complexity index is 167. The molecule has 0 heterocycles. The fourth-order valence-corrected chi connectivity index (χ4v) is 0.878. The third-order valence-corrected chi connectivity index (χ3v) is 1.53. The summed E-state index contributed by atoms with van der Waals surface area (Å²) in [5.74, 6) is 2.63. The van der Waals surface area contributed by atoms with E-state index >= 15 is 0 Å². The van der Waals surface area contributed by atoms with Gasteiger partial charge in [0.15, 0.2) is 0 Å². The van der Waals surface area contributed by atoms with Crippen LogP contribution in [0.15, 0.2) is 24.3 Å². The summed E-state index contributed by atoms with van der Waals surface area (Å²) in [6.45, 7) is 2.15. The zero-order chi connectivity index (χ0) is 9.07. The van der Waals surface area contributed by atoms with E-state index in [9.17, 15) is 0 Å². The monoisotopic (exact) mass is 162 g/mol. The van der Waals surface area contributed by atoms with Gasteiger partial charge in [0.25, 0.3) is 0 Å². The largest absolute Gasteiger partial charge is 0.120 e. The van der Waals surface area contributed by atoms with Crippen LogP contribution in [0, 0.1) is 12.3 Å². The smallest absolute Gasteiger partial charge is 0.00890 e. The predicted molar refractivity (Wildman–Crippen MR) is 55.9 cm³/mol. The highest BCUT2D eigenvalue weighted by Gasteiger charge is 1.78. The molecule has 0 aliphatic heterocycles. The first-order chi connectivity index (χ1) is 5.91. The molecule has 0 aromatic rings. The number of allylic oxidation sites excluding steroid dienone is 4. The van der Waals surface area contributed by atoms with E-state index in [-0.39, 0.29) is 0 Å². The van der Waals surface area contributed by atoms with Gasteiger partial charge in [-0.05, 0) is 25.7 Å². The summed E-state index contributed by atoms with van der Waals surface area (Å²) in [5.41, 5.74) is 0. The third-order valence-electron chi connectivity index (χ3n) is 1.53. The molecule has 0 bridgehead atoms. The fraction of sp³-hybridized carbons (Fsp3) is 0.500. The maximum absolute atomic E-state index is 5.12. The minimum absolute atomic E-state index is 0.898. The molecule has 0 aliphatic carbocycles. The lowest BCUT2D eigenvalue weighted by atomic mass is 10.2. The van der Waals surface area contributed by atoms with E-state index in [0.717, 1.165) is 32.1 Å². The Hall–Kier alpha value is -0.960. The molecule has 0 heteroatoms. The highest BCUT2D eigenvalue weighted by Crippen LogP contribution is 1.96. The quantitative estimate of drug-likeness (QED) is 0.317. The van der Waals surface area contributed by atoms with Crippen molar-refractivity contribution in [3.05, 3.63) is 24.3 Å². The SMILES string of the molecule is C#CCCCC=CCC=CCC. The van der Waals surface area contributed by atoms with E-state index in [1.807, 2.05) is 0 Å². The molecule has 0 N–H and O–H groups in total. The van der Waals surface area contributed by atoms with E-state index in [1.54, 1.807) is 0 Å². The number of hydrogen-bond donors (Lipinski definition) is 0. The van der Waals surface area contributed by atoms with E-state index in [0.29, 0.717) is 0 Å². The van der Waals surface area contributed by atoms with E-state index in [4.69, 9.17) is 6.42 Å². The van der Waals surface area contributed by atoms with Gasteiger partial charge in [-0.25, -0.2) is 0 Å². The van der Waals surface area contributed by atoms with Gasteiger partial charge >= 0.3 is 0 Å². The Labute approximate surface area is 76.4 Å². The molecule has 0 fully saturated rings. The van der Waals surface area contributed by atoms with Crippen LogP contribution in [0.25, 0.3) is 0 Å². The first-order valence-electron chi connectivity index (χ1n) is 4.65. The van der Waals surface area contributed by atoms with Gasteiger partial charge in [-0.15, -0.1) is 12.3 Å². The lowest BCUT2D eigenvalue weighted by Crippen LogP contribution is -1.68. The molecule has 66 valence electrons. The van der Waals surface area contributed by atoms with Crippen LogP contribution < -0.4 is 0 Å². The van der Waals surface area contributed by atoms with Gasteiger partial charge in [-0.1, -0.05) is 31.2 Å². The summed E-state index contributed by atoms with van der Waals surface area (Å²) in [5, 5.41) is 0. The molecule has 0 aromatic carbocycles. The van der Waals surface area contributed by atoms with Crippen molar-refractivity contribution in [2.45, 2.75) is 39.0 Å². The van der Waals surface area contributed by atoms with Crippen molar-refractivity contribution in [3.8, 4) is 12.3 Å². The Morgan fingerprint density at radius 2 is 1.92 bits per heavy atom. The van der Waals surface area contributed by atoms with Crippen molar-refractivity contribution in [2.24, 2.45) is 0 Å². The van der Waals surface area contributed by atoms with Gasteiger partial charge in [0.2, 0.25) is 0 Å². The Morgan fingerprint density at radius 1 is 1.17 bits per heavy atom. The average Bonchev–Trinajstić information content (AvgIpc) is 2.10. The Kier molecular flexibility index (Phi) is 9.24. The van der Waals surface area contributed by atoms with Crippen molar-refractivity contribution in [2.75, 3.05) is 0 Å². The molecule has 0 aromatic heterocycles. The van der Waals surface area contributed by atoms with E-state index in [1.165, 1.54) is 0 Å². The minimum atomic E-state index is 0.898. The number of hydrogen-bond acceptors (Lipinski definition) is 0. The third kappa shape index (κ3) is 9.04. The molecule has 0 radical (unpaired) electrons. The van der Waals surface area contributed by atoms with Gasteiger partial charge in [0.05, 0.1) is 0 Å². The minimum Gasteiger partial charge on any atom is -0.120 e. The molecule has 0 saturated carbocycles. The maximum Gasteiger partial charge on any atom is 0.00890 e. The average molecular weight is 162 g/mol. The summed E-state index contributed by atoms with van der Waals surface area (Å²) >= 11 is 0. The molecule has 0 spiro atoms. The zero-order valence-electron chi connectivity index (χ0n) is 7.92. The van der Waals surface area contributed by atoms with Crippen molar-refractivity contribution in [1.82, 2.24) is 0 Å². The van der Waals surface area contributed by atoms with Crippen molar-refractivity contribution >= 4 is 0 Å². The topological polar surface area (TPSA) is 0 Å². The van der Waals surface area contributed by atoms with E-state index in [2.05, 4.69) is 37.1 Å².